The average Bonchev–Trinajstić information content (AvgIpc) is 2.29. The number of rotatable bonds is 5. The predicted molar refractivity (Wildman–Crippen MR) is 64.0 cm³/mol. The molecular formula is C12H14ClFO4. The number of hydrogen-bond acceptors (Lipinski definition) is 3. The van der Waals surface area contributed by atoms with Gasteiger partial charge >= 0.3 is 5.97 Å². The summed E-state index contributed by atoms with van der Waals surface area (Å²) in [7, 11) is 0. The van der Waals surface area contributed by atoms with Crippen LogP contribution in [0, 0.1) is 5.82 Å². The van der Waals surface area contributed by atoms with Crippen LogP contribution in [0.5, 0.6) is 0 Å². The van der Waals surface area contributed by atoms with Gasteiger partial charge in [-0.1, -0.05) is 23.7 Å². The molecule has 6 heteroatoms. The third-order valence-corrected chi connectivity index (χ3v) is 2.81. The van der Waals surface area contributed by atoms with Crippen LogP contribution in [0.15, 0.2) is 18.2 Å². The first-order valence-electron chi connectivity index (χ1n) is 5.34. The summed E-state index contributed by atoms with van der Waals surface area (Å²) in [6, 6.07) is 4.04. The third kappa shape index (κ3) is 3.41. The predicted octanol–water partition coefficient (Wildman–Crippen LogP) is 2.39. The van der Waals surface area contributed by atoms with Crippen molar-refractivity contribution in [3.63, 3.8) is 0 Å². The lowest BCUT2D eigenvalue weighted by Gasteiger charge is -2.22. The van der Waals surface area contributed by atoms with Gasteiger partial charge in [0.1, 0.15) is 5.82 Å². The number of carboxylic acid groups (broad SMARTS) is 1. The number of benzene rings is 1. The first-order chi connectivity index (χ1) is 8.34. The van der Waals surface area contributed by atoms with Gasteiger partial charge in [-0.3, -0.25) is 0 Å². The minimum Gasteiger partial charge on any atom is -0.479 e. The molecule has 1 rings (SSSR count). The fraction of sp³-hybridized carbons (Fsp3) is 0.417. The van der Waals surface area contributed by atoms with Gasteiger partial charge in [0.05, 0.1) is 17.2 Å². The molecule has 1 aromatic rings. The third-order valence-electron chi connectivity index (χ3n) is 2.52. The fourth-order valence-electron chi connectivity index (χ4n) is 1.32. The quantitative estimate of drug-likeness (QED) is 0.866. The molecule has 0 heterocycles. The van der Waals surface area contributed by atoms with Crippen molar-refractivity contribution in [2.24, 2.45) is 0 Å². The number of hydrogen-bond donors (Lipinski definition) is 2. The molecule has 100 valence electrons. The SMILES string of the molecule is CC(O)C(C)OC(C(=O)O)c1cccc(Cl)c1F. The molecule has 1 aromatic carbocycles. The van der Waals surface area contributed by atoms with E-state index in [1.54, 1.807) is 0 Å². The van der Waals surface area contributed by atoms with Gasteiger partial charge in [-0.15, -0.1) is 0 Å². The van der Waals surface area contributed by atoms with Gasteiger partial charge in [0.25, 0.3) is 0 Å². The monoisotopic (exact) mass is 276 g/mol. The minimum absolute atomic E-state index is 0.164. The molecule has 18 heavy (non-hydrogen) atoms. The van der Waals surface area contributed by atoms with Gasteiger partial charge in [-0.05, 0) is 19.9 Å². The largest absolute Gasteiger partial charge is 0.479 e. The van der Waals surface area contributed by atoms with E-state index in [-0.39, 0.29) is 10.6 Å². The number of carbonyl (C=O) groups is 1. The van der Waals surface area contributed by atoms with Crippen LogP contribution >= 0.6 is 11.6 Å². The molecule has 3 atom stereocenters. The van der Waals surface area contributed by atoms with Crippen LogP contribution in [0.4, 0.5) is 4.39 Å². The number of aliphatic carboxylic acids is 1. The van der Waals surface area contributed by atoms with Crippen molar-refractivity contribution in [2.75, 3.05) is 0 Å². The highest BCUT2D eigenvalue weighted by Gasteiger charge is 2.28. The van der Waals surface area contributed by atoms with Gasteiger partial charge in [-0.25, -0.2) is 9.18 Å². The second-order valence-corrected chi connectivity index (χ2v) is 4.35. The Balaban J connectivity index is 3.05. The van der Waals surface area contributed by atoms with Crippen molar-refractivity contribution in [1.29, 1.82) is 0 Å². The summed E-state index contributed by atoms with van der Waals surface area (Å²) in [4.78, 5) is 11.1. The van der Waals surface area contributed by atoms with Crippen LogP contribution in [0.1, 0.15) is 25.5 Å². The van der Waals surface area contributed by atoms with Crippen LogP contribution in [0.2, 0.25) is 5.02 Å². The minimum atomic E-state index is -1.51. The lowest BCUT2D eigenvalue weighted by atomic mass is 10.1. The van der Waals surface area contributed by atoms with Gasteiger partial charge in [-0.2, -0.15) is 0 Å². The Kier molecular flexibility index (Phi) is 5.07. The van der Waals surface area contributed by atoms with E-state index in [1.165, 1.54) is 32.0 Å². The summed E-state index contributed by atoms with van der Waals surface area (Å²) in [5, 5.41) is 18.2. The Labute approximate surface area is 109 Å². The van der Waals surface area contributed by atoms with Gasteiger partial charge < -0.3 is 14.9 Å². The van der Waals surface area contributed by atoms with Gasteiger partial charge in [0, 0.05) is 5.56 Å². The summed E-state index contributed by atoms with van der Waals surface area (Å²) < 4.78 is 18.9. The standard InChI is InChI=1S/C12H14ClFO4/c1-6(15)7(2)18-11(12(16)17)8-4-3-5-9(13)10(8)14/h3-7,11,15H,1-2H3,(H,16,17). The molecule has 0 aliphatic heterocycles. The summed E-state index contributed by atoms with van der Waals surface area (Å²) in [6.45, 7) is 2.96. The van der Waals surface area contributed by atoms with Crippen LogP contribution in [0.25, 0.3) is 0 Å². The Hall–Kier alpha value is -1.17. The van der Waals surface area contributed by atoms with E-state index in [0.29, 0.717) is 0 Å². The molecule has 0 radical (unpaired) electrons. The van der Waals surface area contributed by atoms with Gasteiger partial charge in [0.2, 0.25) is 0 Å². The topological polar surface area (TPSA) is 66.8 Å². The normalized spacial score (nSPS) is 16.1. The Morgan fingerprint density at radius 3 is 2.56 bits per heavy atom. The first-order valence-corrected chi connectivity index (χ1v) is 5.72. The average molecular weight is 277 g/mol. The second-order valence-electron chi connectivity index (χ2n) is 3.94. The molecule has 0 fully saturated rings. The summed E-state index contributed by atoms with van der Waals surface area (Å²) in [5.41, 5.74) is -0.164. The maximum Gasteiger partial charge on any atom is 0.337 e. The zero-order valence-electron chi connectivity index (χ0n) is 9.93. The molecule has 3 unspecified atom stereocenters. The van der Waals surface area contributed by atoms with Crippen molar-refractivity contribution in [1.82, 2.24) is 0 Å². The molecule has 0 aliphatic rings. The van der Waals surface area contributed by atoms with Crippen molar-refractivity contribution in [3.05, 3.63) is 34.6 Å². The zero-order valence-corrected chi connectivity index (χ0v) is 10.7. The van der Waals surface area contributed by atoms with E-state index in [0.717, 1.165) is 0 Å². The number of ether oxygens (including phenoxy) is 1. The molecule has 4 nitrogen and oxygen atoms in total. The van der Waals surface area contributed by atoms with Crippen molar-refractivity contribution in [3.8, 4) is 0 Å². The molecule has 0 saturated carbocycles. The van der Waals surface area contributed by atoms with E-state index in [2.05, 4.69) is 0 Å². The molecule has 0 amide bonds. The van der Waals surface area contributed by atoms with Crippen LogP contribution in [-0.4, -0.2) is 28.4 Å². The highest BCUT2D eigenvalue weighted by Crippen LogP contribution is 2.27. The fourth-order valence-corrected chi connectivity index (χ4v) is 1.50. The van der Waals surface area contributed by atoms with E-state index < -0.39 is 30.1 Å². The maximum atomic E-state index is 13.7. The van der Waals surface area contributed by atoms with Crippen molar-refractivity contribution >= 4 is 17.6 Å². The Morgan fingerprint density at radius 1 is 1.44 bits per heavy atom. The lowest BCUT2D eigenvalue weighted by molar-refractivity contribution is -0.158. The molecule has 0 bridgehead atoms. The second kappa shape index (κ2) is 6.13. The Morgan fingerprint density at radius 2 is 2.06 bits per heavy atom. The number of halogens is 2. The van der Waals surface area contributed by atoms with E-state index in [4.69, 9.17) is 21.4 Å². The Bertz CT molecular complexity index is 436. The maximum absolute atomic E-state index is 13.7. The molecule has 0 aliphatic carbocycles. The van der Waals surface area contributed by atoms with Crippen LogP contribution in [0.3, 0.4) is 0 Å². The molecular weight excluding hydrogens is 263 g/mol. The molecule has 0 saturated heterocycles. The lowest BCUT2D eigenvalue weighted by Crippen LogP contribution is -2.28. The number of carboxylic acids is 1. The van der Waals surface area contributed by atoms with Crippen molar-refractivity contribution in [2.45, 2.75) is 32.2 Å². The van der Waals surface area contributed by atoms with E-state index in [1.807, 2.05) is 0 Å². The highest BCUT2D eigenvalue weighted by molar-refractivity contribution is 6.30. The van der Waals surface area contributed by atoms with E-state index >= 15 is 0 Å². The zero-order chi connectivity index (χ0) is 13.9. The summed E-state index contributed by atoms with van der Waals surface area (Å²) >= 11 is 5.59. The van der Waals surface area contributed by atoms with Gasteiger partial charge in [0.15, 0.2) is 6.10 Å². The summed E-state index contributed by atoms with van der Waals surface area (Å²) in [6.07, 6.45) is -3.12. The molecule has 0 spiro atoms. The van der Waals surface area contributed by atoms with Crippen LogP contribution < -0.4 is 0 Å². The highest BCUT2D eigenvalue weighted by atomic mass is 35.5. The summed E-state index contributed by atoms with van der Waals surface area (Å²) in [5.74, 6) is -2.17. The molecule has 0 aromatic heterocycles. The number of aliphatic hydroxyl groups is 1. The van der Waals surface area contributed by atoms with Crippen molar-refractivity contribution < 1.29 is 24.1 Å². The molecule has 2 N–H and O–H groups in total. The van der Waals surface area contributed by atoms with E-state index in [9.17, 15) is 14.3 Å². The van der Waals surface area contributed by atoms with Crippen LogP contribution in [-0.2, 0) is 9.53 Å². The first kappa shape index (κ1) is 14.9. The number of aliphatic hydroxyl groups excluding tert-OH is 1. The smallest absolute Gasteiger partial charge is 0.337 e.